The summed E-state index contributed by atoms with van der Waals surface area (Å²) in [7, 11) is -1.46. The molecular formula is C17H22N2O3S. The molecule has 1 aliphatic rings. The van der Waals surface area contributed by atoms with Gasteiger partial charge in [0.05, 0.1) is 13.4 Å². The van der Waals surface area contributed by atoms with Gasteiger partial charge in [-0.1, -0.05) is 18.2 Å². The van der Waals surface area contributed by atoms with E-state index in [1.54, 1.807) is 7.11 Å². The summed E-state index contributed by atoms with van der Waals surface area (Å²) < 4.78 is 30.6. The van der Waals surface area contributed by atoms with Crippen LogP contribution in [0.3, 0.4) is 0 Å². The van der Waals surface area contributed by atoms with Gasteiger partial charge in [-0.05, 0) is 41.0 Å². The van der Waals surface area contributed by atoms with E-state index in [9.17, 15) is 8.42 Å². The van der Waals surface area contributed by atoms with Gasteiger partial charge < -0.3 is 4.74 Å². The van der Waals surface area contributed by atoms with E-state index in [4.69, 9.17) is 4.74 Å². The van der Waals surface area contributed by atoms with Crippen LogP contribution in [0.5, 0.6) is 5.75 Å². The standard InChI is InChI=1S/C17H22N2O3S/c1-22-17-6-5-14-9-13(3-4-15(14)10-17)11-19-8-7-16(12-19)18-23(2,20)21/h3-6,9-10,16,18H,7-8,11-12H2,1-2H3/t16-/m1/s1. The van der Waals surface area contributed by atoms with Crippen molar-refractivity contribution in [2.75, 3.05) is 26.5 Å². The monoisotopic (exact) mass is 334 g/mol. The lowest BCUT2D eigenvalue weighted by atomic mass is 10.1. The van der Waals surface area contributed by atoms with Gasteiger partial charge in [-0.3, -0.25) is 4.90 Å². The molecule has 0 bridgehead atoms. The van der Waals surface area contributed by atoms with Crippen LogP contribution in [0.4, 0.5) is 0 Å². The normalized spacial score (nSPS) is 19.3. The molecule has 1 fully saturated rings. The Morgan fingerprint density at radius 3 is 2.70 bits per heavy atom. The van der Waals surface area contributed by atoms with E-state index in [2.05, 4.69) is 33.9 Å². The Hall–Kier alpha value is -1.63. The SMILES string of the molecule is COc1ccc2cc(CN3CC[C@@H](NS(C)(=O)=O)C3)ccc2c1. The van der Waals surface area contributed by atoms with E-state index in [1.807, 2.05) is 12.1 Å². The van der Waals surface area contributed by atoms with Gasteiger partial charge in [0.1, 0.15) is 5.75 Å². The van der Waals surface area contributed by atoms with Gasteiger partial charge in [-0.2, -0.15) is 0 Å². The van der Waals surface area contributed by atoms with Gasteiger partial charge in [-0.25, -0.2) is 13.1 Å². The van der Waals surface area contributed by atoms with Crippen molar-refractivity contribution < 1.29 is 13.2 Å². The number of nitrogens with zero attached hydrogens (tertiary/aromatic N) is 1. The Morgan fingerprint density at radius 2 is 1.96 bits per heavy atom. The van der Waals surface area contributed by atoms with Gasteiger partial charge in [-0.15, -0.1) is 0 Å². The minimum absolute atomic E-state index is 0.0229. The molecule has 1 N–H and O–H groups in total. The van der Waals surface area contributed by atoms with E-state index < -0.39 is 10.0 Å². The Labute approximate surface area is 137 Å². The second kappa shape index (κ2) is 6.47. The van der Waals surface area contributed by atoms with Crippen LogP contribution >= 0.6 is 0 Å². The van der Waals surface area contributed by atoms with E-state index in [0.29, 0.717) is 0 Å². The Balaban J connectivity index is 1.68. The number of hydrogen-bond donors (Lipinski definition) is 1. The van der Waals surface area contributed by atoms with Crippen molar-refractivity contribution in [2.24, 2.45) is 0 Å². The molecule has 3 rings (SSSR count). The summed E-state index contributed by atoms with van der Waals surface area (Å²) in [5.41, 5.74) is 1.24. The molecule has 5 nitrogen and oxygen atoms in total. The van der Waals surface area contributed by atoms with Crippen LogP contribution in [0.15, 0.2) is 36.4 Å². The fourth-order valence-corrected chi connectivity index (χ4v) is 3.93. The Bertz CT molecular complexity index is 805. The molecule has 0 saturated carbocycles. The second-order valence-electron chi connectivity index (χ2n) is 6.16. The number of methoxy groups -OCH3 is 1. The summed E-state index contributed by atoms with van der Waals surface area (Å²) >= 11 is 0. The highest BCUT2D eigenvalue weighted by atomic mass is 32.2. The molecule has 0 unspecified atom stereocenters. The summed E-state index contributed by atoms with van der Waals surface area (Å²) in [5, 5.41) is 2.35. The van der Waals surface area contributed by atoms with Crippen LogP contribution in [0, 0.1) is 0 Å². The minimum atomic E-state index is -3.13. The summed E-state index contributed by atoms with van der Waals surface area (Å²) in [6, 6.07) is 12.5. The fraction of sp³-hybridized carbons (Fsp3) is 0.412. The van der Waals surface area contributed by atoms with Gasteiger partial charge in [0.25, 0.3) is 0 Å². The van der Waals surface area contributed by atoms with Crippen LogP contribution in [-0.4, -0.2) is 45.8 Å². The third-order valence-electron chi connectivity index (χ3n) is 4.17. The van der Waals surface area contributed by atoms with Gasteiger partial charge in [0.2, 0.25) is 10.0 Å². The molecule has 124 valence electrons. The molecule has 0 aliphatic carbocycles. The van der Waals surface area contributed by atoms with Crippen molar-refractivity contribution in [3.63, 3.8) is 0 Å². The predicted molar refractivity (Wildman–Crippen MR) is 92.2 cm³/mol. The lowest BCUT2D eigenvalue weighted by Crippen LogP contribution is -2.36. The first-order valence-electron chi connectivity index (χ1n) is 7.69. The molecule has 2 aromatic carbocycles. The van der Waals surface area contributed by atoms with Gasteiger partial charge in [0.15, 0.2) is 0 Å². The van der Waals surface area contributed by atoms with E-state index >= 15 is 0 Å². The molecule has 0 amide bonds. The fourth-order valence-electron chi connectivity index (χ4n) is 3.13. The molecule has 6 heteroatoms. The summed E-state index contributed by atoms with van der Waals surface area (Å²) in [6.45, 7) is 2.51. The lowest BCUT2D eigenvalue weighted by molar-refractivity contribution is 0.325. The summed E-state index contributed by atoms with van der Waals surface area (Å²) in [6.07, 6.45) is 2.07. The molecule has 1 saturated heterocycles. The molecule has 1 heterocycles. The maximum absolute atomic E-state index is 11.3. The van der Waals surface area contributed by atoms with Gasteiger partial charge >= 0.3 is 0 Å². The predicted octanol–water partition coefficient (Wildman–Crippen LogP) is 1.97. The van der Waals surface area contributed by atoms with E-state index in [-0.39, 0.29) is 6.04 Å². The Kier molecular flexibility index (Phi) is 4.57. The number of rotatable bonds is 5. The highest BCUT2D eigenvalue weighted by Crippen LogP contribution is 2.23. The van der Waals surface area contributed by atoms with E-state index in [1.165, 1.54) is 17.2 Å². The number of nitrogens with one attached hydrogen (secondary N) is 1. The second-order valence-corrected chi connectivity index (χ2v) is 7.94. The number of benzene rings is 2. The number of likely N-dealkylation sites (tertiary alicyclic amines) is 1. The van der Waals surface area contributed by atoms with Crippen molar-refractivity contribution in [2.45, 2.75) is 19.0 Å². The van der Waals surface area contributed by atoms with Crippen molar-refractivity contribution in [3.8, 4) is 5.75 Å². The Morgan fingerprint density at radius 1 is 1.22 bits per heavy atom. The van der Waals surface area contributed by atoms with Crippen LogP contribution in [0.25, 0.3) is 10.8 Å². The van der Waals surface area contributed by atoms with Crippen molar-refractivity contribution in [1.29, 1.82) is 0 Å². The molecule has 2 aromatic rings. The average Bonchev–Trinajstić information content (AvgIpc) is 2.91. The molecule has 1 atom stereocenters. The van der Waals surface area contributed by atoms with Crippen molar-refractivity contribution in [3.05, 3.63) is 42.0 Å². The largest absolute Gasteiger partial charge is 0.497 e. The van der Waals surface area contributed by atoms with Crippen LogP contribution < -0.4 is 9.46 Å². The number of ether oxygens (including phenoxy) is 1. The first-order chi connectivity index (χ1) is 10.9. The van der Waals surface area contributed by atoms with Crippen molar-refractivity contribution in [1.82, 2.24) is 9.62 Å². The zero-order valence-electron chi connectivity index (χ0n) is 13.5. The average molecular weight is 334 g/mol. The zero-order chi connectivity index (χ0) is 16.4. The van der Waals surface area contributed by atoms with E-state index in [0.717, 1.165) is 37.2 Å². The zero-order valence-corrected chi connectivity index (χ0v) is 14.3. The summed E-state index contributed by atoms with van der Waals surface area (Å²) in [5.74, 6) is 0.861. The lowest BCUT2D eigenvalue weighted by Gasteiger charge is -2.16. The first-order valence-corrected chi connectivity index (χ1v) is 9.58. The highest BCUT2D eigenvalue weighted by molar-refractivity contribution is 7.88. The first kappa shape index (κ1) is 16.2. The molecular weight excluding hydrogens is 312 g/mol. The maximum Gasteiger partial charge on any atom is 0.208 e. The van der Waals surface area contributed by atoms with Crippen LogP contribution in [0.2, 0.25) is 0 Å². The minimum Gasteiger partial charge on any atom is -0.497 e. The van der Waals surface area contributed by atoms with Crippen LogP contribution in [0.1, 0.15) is 12.0 Å². The third kappa shape index (κ3) is 4.22. The molecule has 1 aliphatic heterocycles. The number of fused-ring (bicyclic) bond motifs is 1. The molecule has 0 spiro atoms. The smallest absolute Gasteiger partial charge is 0.208 e. The topological polar surface area (TPSA) is 58.6 Å². The molecule has 0 radical (unpaired) electrons. The van der Waals surface area contributed by atoms with Gasteiger partial charge in [0, 0.05) is 25.7 Å². The highest BCUT2D eigenvalue weighted by Gasteiger charge is 2.24. The van der Waals surface area contributed by atoms with Crippen LogP contribution in [-0.2, 0) is 16.6 Å². The quantitative estimate of drug-likeness (QED) is 0.908. The summed E-state index contributed by atoms with van der Waals surface area (Å²) in [4.78, 5) is 2.29. The molecule has 0 aromatic heterocycles. The number of sulfonamides is 1. The third-order valence-corrected chi connectivity index (χ3v) is 4.93. The maximum atomic E-state index is 11.3. The number of hydrogen-bond acceptors (Lipinski definition) is 4. The molecule has 23 heavy (non-hydrogen) atoms. The van der Waals surface area contributed by atoms with Crippen molar-refractivity contribution >= 4 is 20.8 Å².